The number of amides is 1. The normalized spacial score (nSPS) is 12.1. The van der Waals surface area contributed by atoms with Crippen LogP contribution in [0.4, 0.5) is 0 Å². The molecule has 100 valence electrons. The summed E-state index contributed by atoms with van der Waals surface area (Å²) in [7, 11) is 1.18. The Kier molecular flexibility index (Phi) is 3.82. The molecule has 1 aromatic heterocycles. The Balaban J connectivity index is 2.17. The highest BCUT2D eigenvalue weighted by molar-refractivity contribution is 5.98. The average molecular weight is 263 g/mol. The second-order valence-electron chi connectivity index (χ2n) is 3.88. The topological polar surface area (TPSA) is 88.8 Å². The molecule has 2 rings (SSSR count). The summed E-state index contributed by atoms with van der Waals surface area (Å²) in [6.07, 6.45) is 0. The van der Waals surface area contributed by atoms with Gasteiger partial charge in [-0.2, -0.15) is 0 Å². The van der Waals surface area contributed by atoms with Crippen LogP contribution in [-0.4, -0.2) is 36.7 Å². The van der Waals surface area contributed by atoms with Crippen molar-refractivity contribution in [1.29, 1.82) is 0 Å². The van der Waals surface area contributed by atoms with Crippen LogP contribution in [0.15, 0.2) is 34.7 Å². The number of aliphatic hydroxyl groups is 1. The van der Waals surface area contributed by atoms with E-state index in [-0.39, 0.29) is 5.76 Å². The summed E-state index contributed by atoms with van der Waals surface area (Å²) in [5, 5.41) is 12.1. The molecule has 6 nitrogen and oxygen atoms in total. The smallest absolute Gasteiger partial charge is 0.330 e. The van der Waals surface area contributed by atoms with Crippen molar-refractivity contribution in [2.24, 2.45) is 0 Å². The maximum Gasteiger partial charge on any atom is 0.330 e. The fourth-order valence-corrected chi connectivity index (χ4v) is 1.64. The third-order valence-corrected chi connectivity index (χ3v) is 2.62. The molecular formula is C13H13NO5. The Morgan fingerprint density at radius 3 is 2.79 bits per heavy atom. The zero-order valence-corrected chi connectivity index (χ0v) is 10.3. The number of para-hydroxylation sites is 1. The van der Waals surface area contributed by atoms with Crippen molar-refractivity contribution in [3.05, 3.63) is 36.1 Å². The minimum Gasteiger partial charge on any atom is -0.467 e. The molecule has 1 amide bonds. The second-order valence-corrected chi connectivity index (χ2v) is 3.88. The van der Waals surface area contributed by atoms with Gasteiger partial charge in [-0.3, -0.25) is 4.79 Å². The van der Waals surface area contributed by atoms with Crippen molar-refractivity contribution in [2.75, 3.05) is 13.7 Å². The van der Waals surface area contributed by atoms with E-state index in [2.05, 4.69) is 10.1 Å². The van der Waals surface area contributed by atoms with Crippen LogP contribution in [0.25, 0.3) is 11.0 Å². The van der Waals surface area contributed by atoms with Gasteiger partial charge in [-0.05, 0) is 12.1 Å². The van der Waals surface area contributed by atoms with Gasteiger partial charge in [-0.25, -0.2) is 4.79 Å². The molecule has 0 radical (unpaired) electrons. The third-order valence-electron chi connectivity index (χ3n) is 2.62. The molecule has 0 spiro atoms. The molecule has 19 heavy (non-hydrogen) atoms. The number of ether oxygens (including phenoxy) is 1. The fraction of sp³-hybridized carbons (Fsp3) is 0.231. The number of rotatable bonds is 4. The molecule has 0 aliphatic heterocycles. The number of benzene rings is 1. The van der Waals surface area contributed by atoms with Gasteiger partial charge in [0.15, 0.2) is 11.8 Å². The molecule has 0 unspecified atom stereocenters. The summed E-state index contributed by atoms with van der Waals surface area (Å²) in [5.41, 5.74) is 0.575. The molecule has 1 aromatic carbocycles. The highest BCUT2D eigenvalue weighted by Crippen LogP contribution is 2.18. The minimum absolute atomic E-state index is 0.0727. The van der Waals surface area contributed by atoms with Gasteiger partial charge >= 0.3 is 5.97 Å². The predicted molar refractivity (Wildman–Crippen MR) is 66.6 cm³/mol. The average Bonchev–Trinajstić information content (AvgIpc) is 2.87. The van der Waals surface area contributed by atoms with Crippen molar-refractivity contribution in [2.45, 2.75) is 6.04 Å². The summed E-state index contributed by atoms with van der Waals surface area (Å²) < 4.78 is 9.80. The molecule has 1 heterocycles. The number of furan rings is 1. The lowest BCUT2D eigenvalue weighted by Crippen LogP contribution is -2.43. The van der Waals surface area contributed by atoms with E-state index in [1.54, 1.807) is 24.3 Å². The Labute approximate surface area is 109 Å². The number of fused-ring (bicyclic) bond motifs is 1. The van der Waals surface area contributed by atoms with Crippen LogP contribution in [0.2, 0.25) is 0 Å². The molecule has 6 heteroatoms. The molecule has 2 N–H and O–H groups in total. The summed E-state index contributed by atoms with van der Waals surface area (Å²) in [6.45, 7) is -0.543. The monoisotopic (exact) mass is 263 g/mol. The summed E-state index contributed by atoms with van der Waals surface area (Å²) in [5.74, 6) is -1.23. The Morgan fingerprint density at radius 1 is 1.42 bits per heavy atom. The maximum atomic E-state index is 11.9. The van der Waals surface area contributed by atoms with Crippen molar-refractivity contribution in [3.8, 4) is 0 Å². The third kappa shape index (κ3) is 2.74. The quantitative estimate of drug-likeness (QED) is 0.792. The number of carbonyl (C=O) groups is 2. The van der Waals surface area contributed by atoms with Crippen LogP contribution in [-0.2, 0) is 9.53 Å². The summed E-state index contributed by atoms with van der Waals surface area (Å²) >= 11 is 0. The van der Waals surface area contributed by atoms with E-state index in [9.17, 15) is 9.59 Å². The molecule has 0 bridgehead atoms. The molecule has 2 aromatic rings. The first-order valence-electron chi connectivity index (χ1n) is 5.64. The molecule has 0 aliphatic carbocycles. The van der Waals surface area contributed by atoms with E-state index in [0.717, 1.165) is 5.39 Å². The van der Waals surface area contributed by atoms with Crippen LogP contribution in [0.1, 0.15) is 10.6 Å². The lowest BCUT2D eigenvalue weighted by Gasteiger charge is -2.12. The van der Waals surface area contributed by atoms with Gasteiger partial charge in [0.05, 0.1) is 13.7 Å². The Bertz CT molecular complexity index is 571. The van der Waals surface area contributed by atoms with Crippen LogP contribution in [0.3, 0.4) is 0 Å². The number of esters is 1. The molecule has 0 saturated carbocycles. The lowest BCUT2D eigenvalue weighted by atomic mass is 10.2. The summed E-state index contributed by atoms with van der Waals surface area (Å²) in [6, 6.07) is 7.61. The predicted octanol–water partition coefficient (Wildman–Crippen LogP) is 0.696. The zero-order chi connectivity index (χ0) is 13.8. The van der Waals surface area contributed by atoms with Gasteiger partial charge in [0.25, 0.3) is 5.91 Å². The largest absolute Gasteiger partial charge is 0.467 e. The van der Waals surface area contributed by atoms with Gasteiger partial charge in [0.1, 0.15) is 5.58 Å². The Morgan fingerprint density at radius 2 is 2.16 bits per heavy atom. The number of hydrogen-bond donors (Lipinski definition) is 2. The number of hydrogen-bond acceptors (Lipinski definition) is 5. The highest BCUT2D eigenvalue weighted by atomic mass is 16.5. The van der Waals surface area contributed by atoms with Crippen LogP contribution < -0.4 is 5.32 Å². The van der Waals surface area contributed by atoms with Crippen molar-refractivity contribution >= 4 is 22.8 Å². The lowest BCUT2D eigenvalue weighted by molar-refractivity contribution is -0.143. The second kappa shape index (κ2) is 5.53. The number of nitrogens with one attached hydrogen (secondary N) is 1. The molecule has 1 atom stereocenters. The summed E-state index contributed by atoms with van der Waals surface area (Å²) in [4.78, 5) is 23.1. The fourth-order valence-electron chi connectivity index (χ4n) is 1.64. The molecular weight excluding hydrogens is 250 g/mol. The van der Waals surface area contributed by atoms with Gasteiger partial charge in [-0.15, -0.1) is 0 Å². The van der Waals surface area contributed by atoms with Crippen molar-refractivity contribution < 1.29 is 23.8 Å². The van der Waals surface area contributed by atoms with E-state index in [0.29, 0.717) is 5.58 Å². The van der Waals surface area contributed by atoms with E-state index in [1.165, 1.54) is 7.11 Å². The van der Waals surface area contributed by atoms with Crippen LogP contribution >= 0.6 is 0 Å². The van der Waals surface area contributed by atoms with E-state index in [4.69, 9.17) is 9.52 Å². The van der Waals surface area contributed by atoms with Gasteiger partial charge < -0.3 is 19.6 Å². The number of methoxy groups -OCH3 is 1. The van der Waals surface area contributed by atoms with Gasteiger partial charge in [0, 0.05) is 5.39 Å². The van der Waals surface area contributed by atoms with E-state index < -0.39 is 24.5 Å². The van der Waals surface area contributed by atoms with E-state index in [1.807, 2.05) is 6.07 Å². The minimum atomic E-state index is -1.11. The first-order valence-corrected chi connectivity index (χ1v) is 5.64. The number of aliphatic hydroxyl groups excluding tert-OH is 1. The van der Waals surface area contributed by atoms with E-state index >= 15 is 0 Å². The first-order chi connectivity index (χ1) is 9.15. The SMILES string of the molecule is COC(=O)[C@H](CO)NC(=O)c1cc2ccccc2o1. The molecule has 0 saturated heterocycles. The molecule has 0 fully saturated rings. The van der Waals surface area contributed by atoms with Crippen LogP contribution in [0.5, 0.6) is 0 Å². The standard InChI is InChI=1S/C13H13NO5/c1-18-13(17)9(7-15)14-12(16)11-6-8-4-2-3-5-10(8)19-11/h2-6,9,15H,7H2,1H3,(H,14,16)/t9-/m0/s1. The number of carbonyl (C=O) groups excluding carboxylic acids is 2. The van der Waals surface area contributed by atoms with Crippen molar-refractivity contribution in [3.63, 3.8) is 0 Å². The maximum absolute atomic E-state index is 11.9. The van der Waals surface area contributed by atoms with Crippen molar-refractivity contribution in [1.82, 2.24) is 5.32 Å². The highest BCUT2D eigenvalue weighted by Gasteiger charge is 2.22. The molecule has 0 aliphatic rings. The Hall–Kier alpha value is -2.34. The zero-order valence-electron chi connectivity index (χ0n) is 10.3. The van der Waals surface area contributed by atoms with Gasteiger partial charge in [-0.1, -0.05) is 18.2 Å². The first kappa shape index (κ1) is 13.1. The van der Waals surface area contributed by atoms with Crippen LogP contribution in [0, 0.1) is 0 Å². The van der Waals surface area contributed by atoms with Gasteiger partial charge in [0.2, 0.25) is 0 Å².